The predicted octanol–water partition coefficient (Wildman–Crippen LogP) is 2.08. The number of rotatable bonds is 6. The first-order valence-corrected chi connectivity index (χ1v) is 10.3. The third kappa shape index (κ3) is 4.87. The van der Waals surface area contributed by atoms with Crippen LogP contribution in [0.1, 0.15) is 16.8 Å². The van der Waals surface area contributed by atoms with Gasteiger partial charge in [0.05, 0.1) is 11.4 Å². The SMILES string of the molecule is Cc1cccnc1CN1CCN(S(=O)(=O)CCc2ccccc2)CC1. The van der Waals surface area contributed by atoms with Crippen LogP contribution in [0.25, 0.3) is 0 Å². The average molecular weight is 359 g/mol. The van der Waals surface area contributed by atoms with E-state index in [9.17, 15) is 8.42 Å². The Morgan fingerprint density at radius 3 is 2.40 bits per heavy atom. The topological polar surface area (TPSA) is 53.5 Å². The molecule has 0 unspecified atom stereocenters. The summed E-state index contributed by atoms with van der Waals surface area (Å²) in [5.74, 6) is 0.177. The van der Waals surface area contributed by atoms with Crippen molar-refractivity contribution in [1.82, 2.24) is 14.2 Å². The summed E-state index contributed by atoms with van der Waals surface area (Å²) in [6.45, 7) is 5.46. The van der Waals surface area contributed by atoms with E-state index >= 15 is 0 Å². The minimum absolute atomic E-state index is 0.177. The largest absolute Gasteiger partial charge is 0.295 e. The van der Waals surface area contributed by atoms with Gasteiger partial charge in [-0.05, 0) is 30.5 Å². The van der Waals surface area contributed by atoms with Crippen molar-refractivity contribution in [2.24, 2.45) is 0 Å². The first-order valence-electron chi connectivity index (χ1n) is 8.69. The van der Waals surface area contributed by atoms with Crippen molar-refractivity contribution in [3.05, 3.63) is 65.5 Å². The molecule has 2 aromatic rings. The van der Waals surface area contributed by atoms with Crippen LogP contribution in [0.2, 0.25) is 0 Å². The first kappa shape index (κ1) is 18.0. The third-order valence-electron chi connectivity index (χ3n) is 4.71. The predicted molar refractivity (Wildman–Crippen MR) is 99.8 cm³/mol. The van der Waals surface area contributed by atoms with Crippen molar-refractivity contribution in [2.45, 2.75) is 19.9 Å². The van der Waals surface area contributed by atoms with Gasteiger partial charge in [0, 0.05) is 38.9 Å². The molecule has 25 heavy (non-hydrogen) atoms. The molecule has 6 heteroatoms. The van der Waals surface area contributed by atoms with Crippen LogP contribution in [0, 0.1) is 6.92 Å². The molecule has 1 fully saturated rings. The number of nitrogens with zero attached hydrogens (tertiary/aromatic N) is 3. The highest BCUT2D eigenvalue weighted by Crippen LogP contribution is 2.13. The Labute approximate surface area is 150 Å². The Bertz CT molecular complexity index is 785. The normalized spacial score (nSPS) is 16.8. The fourth-order valence-corrected chi connectivity index (χ4v) is 4.55. The molecule has 0 aliphatic carbocycles. The van der Waals surface area contributed by atoms with E-state index < -0.39 is 10.0 Å². The zero-order chi connectivity index (χ0) is 17.7. The summed E-state index contributed by atoms with van der Waals surface area (Å²) in [5, 5.41) is 0. The Kier molecular flexibility index (Phi) is 5.83. The van der Waals surface area contributed by atoms with Crippen molar-refractivity contribution in [3.8, 4) is 0 Å². The van der Waals surface area contributed by atoms with Gasteiger partial charge in [-0.1, -0.05) is 36.4 Å². The van der Waals surface area contributed by atoms with Gasteiger partial charge >= 0.3 is 0 Å². The molecular weight excluding hydrogens is 334 g/mol. The molecule has 1 aromatic heterocycles. The van der Waals surface area contributed by atoms with Gasteiger partial charge in [0.25, 0.3) is 0 Å². The number of aryl methyl sites for hydroxylation is 2. The van der Waals surface area contributed by atoms with Crippen LogP contribution in [-0.4, -0.2) is 54.5 Å². The minimum atomic E-state index is -3.19. The van der Waals surface area contributed by atoms with Crippen LogP contribution in [0.5, 0.6) is 0 Å². The average Bonchev–Trinajstić information content (AvgIpc) is 2.63. The van der Waals surface area contributed by atoms with Gasteiger partial charge < -0.3 is 0 Å². The van der Waals surface area contributed by atoms with Crippen LogP contribution in [0.15, 0.2) is 48.7 Å². The van der Waals surface area contributed by atoms with E-state index in [0.717, 1.165) is 30.9 Å². The van der Waals surface area contributed by atoms with Crippen molar-refractivity contribution in [3.63, 3.8) is 0 Å². The maximum Gasteiger partial charge on any atom is 0.214 e. The molecular formula is C19H25N3O2S. The smallest absolute Gasteiger partial charge is 0.214 e. The van der Waals surface area contributed by atoms with Gasteiger partial charge in [-0.2, -0.15) is 4.31 Å². The number of sulfonamides is 1. The summed E-state index contributed by atoms with van der Waals surface area (Å²) >= 11 is 0. The Morgan fingerprint density at radius 2 is 1.72 bits per heavy atom. The molecule has 0 bridgehead atoms. The quantitative estimate of drug-likeness (QED) is 0.792. The highest BCUT2D eigenvalue weighted by molar-refractivity contribution is 7.89. The molecule has 0 radical (unpaired) electrons. The lowest BCUT2D eigenvalue weighted by Gasteiger charge is -2.34. The van der Waals surface area contributed by atoms with E-state index in [1.165, 1.54) is 5.56 Å². The van der Waals surface area contributed by atoms with E-state index in [0.29, 0.717) is 19.5 Å². The number of hydrogen-bond donors (Lipinski definition) is 0. The molecule has 0 saturated carbocycles. The fourth-order valence-electron chi connectivity index (χ4n) is 3.08. The van der Waals surface area contributed by atoms with Gasteiger partial charge in [-0.3, -0.25) is 9.88 Å². The lowest BCUT2D eigenvalue weighted by molar-refractivity contribution is 0.179. The molecule has 1 aromatic carbocycles. The molecule has 0 N–H and O–H groups in total. The lowest BCUT2D eigenvalue weighted by atomic mass is 10.2. The van der Waals surface area contributed by atoms with Crippen LogP contribution in [0.3, 0.4) is 0 Å². The monoisotopic (exact) mass is 359 g/mol. The Hall–Kier alpha value is -1.76. The first-order chi connectivity index (χ1) is 12.0. The second kappa shape index (κ2) is 8.08. The molecule has 0 atom stereocenters. The Balaban J connectivity index is 1.52. The number of hydrogen-bond acceptors (Lipinski definition) is 4. The Morgan fingerprint density at radius 1 is 1.00 bits per heavy atom. The molecule has 5 nitrogen and oxygen atoms in total. The number of benzene rings is 1. The summed E-state index contributed by atoms with van der Waals surface area (Å²) in [7, 11) is -3.19. The van der Waals surface area contributed by atoms with Gasteiger partial charge in [-0.15, -0.1) is 0 Å². The lowest BCUT2D eigenvalue weighted by Crippen LogP contribution is -2.49. The second-order valence-electron chi connectivity index (χ2n) is 6.49. The minimum Gasteiger partial charge on any atom is -0.295 e. The molecule has 2 heterocycles. The van der Waals surface area contributed by atoms with E-state index in [-0.39, 0.29) is 5.75 Å². The van der Waals surface area contributed by atoms with Crippen LogP contribution in [-0.2, 0) is 23.0 Å². The molecule has 1 saturated heterocycles. The zero-order valence-corrected chi connectivity index (χ0v) is 15.5. The van der Waals surface area contributed by atoms with Crippen LogP contribution in [0.4, 0.5) is 0 Å². The standard InChI is InChI=1S/C19H25N3O2S/c1-17-6-5-10-20-19(17)16-21-11-13-22(14-12-21)25(23,24)15-9-18-7-3-2-4-8-18/h2-8,10H,9,11-16H2,1H3. The van der Waals surface area contributed by atoms with Crippen LogP contribution < -0.4 is 0 Å². The van der Waals surface area contributed by atoms with Gasteiger partial charge in [0.15, 0.2) is 0 Å². The summed E-state index contributed by atoms with van der Waals surface area (Å²) in [4.78, 5) is 6.71. The summed E-state index contributed by atoms with van der Waals surface area (Å²) < 4.78 is 26.8. The van der Waals surface area contributed by atoms with Crippen molar-refractivity contribution < 1.29 is 8.42 Å². The van der Waals surface area contributed by atoms with E-state index in [1.54, 1.807) is 4.31 Å². The summed E-state index contributed by atoms with van der Waals surface area (Å²) in [5.41, 5.74) is 3.32. The van der Waals surface area contributed by atoms with Crippen molar-refractivity contribution in [2.75, 3.05) is 31.9 Å². The van der Waals surface area contributed by atoms with E-state index in [4.69, 9.17) is 0 Å². The number of pyridine rings is 1. The van der Waals surface area contributed by atoms with Gasteiger partial charge in [0.2, 0.25) is 10.0 Å². The molecule has 134 valence electrons. The van der Waals surface area contributed by atoms with Crippen molar-refractivity contribution in [1.29, 1.82) is 0 Å². The highest BCUT2D eigenvalue weighted by atomic mass is 32.2. The van der Waals surface area contributed by atoms with Gasteiger partial charge in [0.1, 0.15) is 0 Å². The van der Waals surface area contributed by atoms with E-state index in [2.05, 4.69) is 22.9 Å². The van der Waals surface area contributed by atoms with Crippen LogP contribution >= 0.6 is 0 Å². The number of aromatic nitrogens is 1. The van der Waals surface area contributed by atoms with Gasteiger partial charge in [-0.25, -0.2) is 8.42 Å². The van der Waals surface area contributed by atoms with Crippen molar-refractivity contribution >= 4 is 10.0 Å². The fraction of sp³-hybridized carbons (Fsp3) is 0.421. The highest BCUT2D eigenvalue weighted by Gasteiger charge is 2.26. The van der Waals surface area contributed by atoms with E-state index in [1.807, 2.05) is 42.6 Å². The molecule has 1 aliphatic heterocycles. The molecule has 0 amide bonds. The maximum atomic E-state index is 12.6. The zero-order valence-electron chi connectivity index (χ0n) is 14.6. The second-order valence-corrected chi connectivity index (χ2v) is 8.58. The maximum absolute atomic E-state index is 12.6. The molecule has 1 aliphatic rings. The summed E-state index contributed by atoms with van der Waals surface area (Å²) in [6.07, 6.45) is 2.38. The molecule has 3 rings (SSSR count). The number of piperazine rings is 1. The third-order valence-corrected chi connectivity index (χ3v) is 6.58. The molecule has 0 spiro atoms. The summed E-state index contributed by atoms with van der Waals surface area (Å²) in [6, 6.07) is 13.8.